The molecular formula is C16H17NO3. The molecule has 4 nitrogen and oxygen atoms in total. The Morgan fingerprint density at radius 3 is 1.45 bits per heavy atom. The van der Waals surface area contributed by atoms with Crippen molar-refractivity contribution in [1.29, 1.82) is 0 Å². The van der Waals surface area contributed by atoms with E-state index in [4.69, 9.17) is 10.8 Å². The van der Waals surface area contributed by atoms with Gasteiger partial charge in [-0.2, -0.15) is 0 Å². The number of carboxylic acid groups (broad SMARTS) is 1. The molecule has 0 heterocycles. The monoisotopic (exact) mass is 271 g/mol. The van der Waals surface area contributed by atoms with E-state index in [0.717, 1.165) is 11.1 Å². The van der Waals surface area contributed by atoms with E-state index < -0.39 is 12.0 Å². The maximum absolute atomic E-state index is 11.8. The summed E-state index contributed by atoms with van der Waals surface area (Å²) in [5, 5.41) is 7.87. The van der Waals surface area contributed by atoms with Crippen molar-refractivity contribution in [2.75, 3.05) is 0 Å². The molecule has 0 saturated heterocycles. The van der Waals surface area contributed by atoms with Crippen molar-refractivity contribution < 1.29 is 14.7 Å². The predicted octanol–water partition coefficient (Wildman–Crippen LogP) is 2.34. The first kappa shape index (κ1) is 15.6. The largest absolute Gasteiger partial charge is 0.480 e. The molecule has 104 valence electrons. The summed E-state index contributed by atoms with van der Waals surface area (Å²) in [7, 11) is 0. The van der Waals surface area contributed by atoms with Gasteiger partial charge in [0, 0.05) is 11.1 Å². The first-order valence-electron chi connectivity index (χ1n) is 6.15. The van der Waals surface area contributed by atoms with Gasteiger partial charge in [0.15, 0.2) is 5.78 Å². The lowest BCUT2D eigenvalue weighted by Crippen LogP contribution is -2.25. The molecule has 0 radical (unpaired) electrons. The maximum Gasteiger partial charge on any atom is 0.320 e. The Hall–Kier alpha value is -2.46. The zero-order chi connectivity index (χ0) is 15.0. The van der Waals surface area contributed by atoms with Crippen LogP contribution in [0.1, 0.15) is 22.8 Å². The molecule has 2 aromatic rings. The van der Waals surface area contributed by atoms with Crippen molar-refractivity contribution in [1.82, 2.24) is 0 Å². The number of hydrogen-bond acceptors (Lipinski definition) is 3. The summed E-state index contributed by atoms with van der Waals surface area (Å²) < 4.78 is 0. The second-order valence-electron chi connectivity index (χ2n) is 4.19. The molecule has 4 heteroatoms. The smallest absolute Gasteiger partial charge is 0.320 e. The molecule has 0 fully saturated rings. The van der Waals surface area contributed by atoms with Gasteiger partial charge in [-0.1, -0.05) is 60.7 Å². The fraction of sp³-hybridized carbons (Fsp3) is 0.125. The molecule has 20 heavy (non-hydrogen) atoms. The molecule has 3 N–H and O–H groups in total. The Morgan fingerprint density at radius 1 is 0.900 bits per heavy atom. The highest BCUT2D eigenvalue weighted by molar-refractivity contribution is 6.08. The lowest BCUT2D eigenvalue weighted by Gasteiger charge is -1.99. The van der Waals surface area contributed by atoms with Crippen LogP contribution in [0.5, 0.6) is 0 Å². The summed E-state index contributed by atoms with van der Waals surface area (Å²) in [6.07, 6.45) is 0. The Labute approximate surface area is 117 Å². The fourth-order valence-corrected chi connectivity index (χ4v) is 1.35. The molecule has 0 aliphatic carbocycles. The maximum atomic E-state index is 11.8. The zero-order valence-corrected chi connectivity index (χ0v) is 11.2. The van der Waals surface area contributed by atoms with Crippen LogP contribution in [0.4, 0.5) is 0 Å². The minimum absolute atomic E-state index is 0.0752. The topological polar surface area (TPSA) is 80.4 Å². The number of rotatable bonds is 3. The molecule has 0 spiro atoms. The van der Waals surface area contributed by atoms with E-state index in [1.54, 1.807) is 0 Å². The third-order valence-corrected chi connectivity index (χ3v) is 2.46. The Bertz CT molecular complexity index is 509. The summed E-state index contributed by atoms with van der Waals surface area (Å²) in [6, 6.07) is 17.9. The van der Waals surface area contributed by atoms with Gasteiger partial charge in [0.2, 0.25) is 0 Å². The van der Waals surface area contributed by atoms with Crippen molar-refractivity contribution in [3.63, 3.8) is 0 Å². The number of hydrogen-bond donors (Lipinski definition) is 2. The number of nitrogens with two attached hydrogens (primary N) is 1. The lowest BCUT2D eigenvalue weighted by atomic mass is 10.0. The van der Waals surface area contributed by atoms with Crippen molar-refractivity contribution in [3.05, 3.63) is 71.8 Å². The van der Waals surface area contributed by atoms with Gasteiger partial charge in [-0.3, -0.25) is 9.59 Å². The summed E-state index contributed by atoms with van der Waals surface area (Å²) in [5.74, 6) is -0.888. The van der Waals surface area contributed by atoms with E-state index in [-0.39, 0.29) is 5.78 Å². The van der Waals surface area contributed by atoms with Gasteiger partial charge in [-0.25, -0.2) is 0 Å². The van der Waals surface area contributed by atoms with Crippen LogP contribution in [0.25, 0.3) is 0 Å². The molecule has 2 rings (SSSR count). The molecule has 0 aliphatic rings. The van der Waals surface area contributed by atoms with Gasteiger partial charge in [0.05, 0.1) is 0 Å². The highest BCUT2D eigenvalue weighted by Crippen LogP contribution is 2.08. The molecule has 0 aliphatic heterocycles. The molecule has 0 bridgehead atoms. The van der Waals surface area contributed by atoms with Crippen molar-refractivity contribution in [2.24, 2.45) is 5.73 Å². The van der Waals surface area contributed by atoms with Crippen molar-refractivity contribution >= 4 is 11.8 Å². The average molecular weight is 271 g/mol. The minimum Gasteiger partial charge on any atom is -0.480 e. The first-order valence-corrected chi connectivity index (χ1v) is 6.15. The fourth-order valence-electron chi connectivity index (χ4n) is 1.35. The SMILES string of the molecule is C[C@H](N)C(=O)O.O=C(c1ccccc1)c1ccccc1. The Balaban J connectivity index is 0.000000286. The van der Waals surface area contributed by atoms with Crippen LogP contribution in [-0.2, 0) is 4.79 Å². The van der Waals surface area contributed by atoms with E-state index in [9.17, 15) is 9.59 Å². The number of ketones is 1. The van der Waals surface area contributed by atoms with Crippen LogP contribution in [0.2, 0.25) is 0 Å². The summed E-state index contributed by atoms with van der Waals surface area (Å²) in [5.41, 5.74) is 6.31. The van der Waals surface area contributed by atoms with Crippen LogP contribution in [0.15, 0.2) is 60.7 Å². The molecule has 0 unspecified atom stereocenters. The van der Waals surface area contributed by atoms with E-state index in [1.165, 1.54) is 6.92 Å². The van der Waals surface area contributed by atoms with E-state index in [0.29, 0.717) is 0 Å². The standard InChI is InChI=1S/C13H10O.C3H7NO2/c14-13(11-7-3-1-4-8-11)12-9-5-2-6-10-12;1-2(4)3(5)6/h1-10H;2H,4H2,1H3,(H,5,6)/t;2-/m.0/s1. The van der Waals surface area contributed by atoms with Crippen molar-refractivity contribution in [2.45, 2.75) is 13.0 Å². The normalized spacial score (nSPS) is 10.9. The molecule has 0 aromatic heterocycles. The van der Waals surface area contributed by atoms with Gasteiger partial charge >= 0.3 is 5.97 Å². The Kier molecular flexibility index (Phi) is 6.13. The van der Waals surface area contributed by atoms with Gasteiger partial charge in [0.25, 0.3) is 0 Å². The number of aliphatic carboxylic acids is 1. The predicted molar refractivity (Wildman–Crippen MR) is 77.6 cm³/mol. The second kappa shape index (κ2) is 7.86. The van der Waals surface area contributed by atoms with E-state index >= 15 is 0 Å². The highest BCUT2D eigenvalue weighted by atomic mass is 16.4. The third-order valence-electron chi connectivity index (χ3n) is 2.46. The van der Waals surface area contributed by atoms with Gasteiger partial charge in [-0.15, -0.1) is 0 Å². The van der Waals surface area contributed by atoms with Crippen LogP contribution in [0.3, 0.4) is 0 Å². The van der Waals surface area contributed by atoms with Crippen LogP contribution in [0, 0.1) is 0 Å². The number of benzene rings is 2. The van der Waals surface area contributed by atoms with E-state index in [1.807, 2.05) is 60.7 Å². The van der Waals surface area contributed by atoms with Crippen LogP contribution >= 0.6 is 0 Å². The molecule has 0 amide bonds. The second-order valence-corrected chi connectivity index (χ2v) is 4.19. The average Bonchev–Trinajstić information content (AvgIpc) is 2.49. The molecule has 0 saturated carbocycles. The number of carboxylic acids is 1. The third kappa shape index (κ3) is 5.04. The van der Waals surface area contributed by atoms with Crippen LogP contribution < -0.4 is 5.73 Å². The molecular weight excluding hydrogens is 254 g/mol. The van der Waals surface area contributed by atoms with Crippen LogP contribution in [-0.4, -0.2) is 22.9 Å². The lowest BCUT2D eigenvalue weighted by molar-refractivity contribution is -0.138. The summed E-state index contributed by atoms with van der Waals surface area (Å²) in [4.78, 5) is 21.4. The zero-order valence-electron chi connectivity index (χ0n) is 11.2. The Morgan fingerprint density at radius 2 is 1.20 bits per heavy atom. The van der Waals surface area contributed by atoms with Gasteiger partial charge < -0.3 is 10.8 Å². The van der Waals surface area contributed by atoms with Gasteiger partial charge in [0.1, 0.15) is 6.04 Å². The minimum atomic E-state index is -0.963. The summed E-state index contributed by atoms with van der Waals surface area (Å²) >= 11 is 0. The number of carbonyl (C=O) groups excluding carboxylic acids is 1. The highest BCUT2D eigenvalue weighted by Gasteiger charge is 2.06. The van der Waals surface area contributed by atoms with E-state index in [2.05, 4.69) is 0 Å². The summed E-state index contributed by atoms with van der Waals surface area (Å²) in [6.45, 7) is 1.42. The van der Waals surface area contributed by atoms with Crippen molar-refractivity contribution in [3.8, 4) is 0 Å². The van der Waals surface area contributed by atoms with Gasteiger partial charge in [-0.05, 0) is 6.92 Å². The molecule has 1 atom stereocenters. The number of carbonyl (C=O) groups is 2. The quantitative estimate of drug-likeness (QED) is 0.840. The molecule has 2 aromatic carbocycles. The first-order chi connectivity index (χ1) is 9.52.